The predicted octanol–water partition coefficient (Wildman–Crippen LogP) is 24.2. The summed E-state index contributed by atoms with van der Waals surface area (Å²) in [5, 5.41) is 23.4. The highest BCUT2D eigenvalue weighted by Crippen LogP contribution is 2.20. The molecule has 0 spiro atoms. The lowest BCUT2D eigenvalue weighted by atomic mass is 10.0. The van der Waals surface area contributed by atoms with E-state index in [0.29, 0.717) is 25.9 Å². The third-order valence-corrected chi connectivity index (χ3v) is 17.9. The van der Waals surface area contributed by atoms with E-state index in [-0.39, 0.29) is 18.5 Å². The van der Waals surface area contributed by atoms with Crippen LogP contribution in [0.2, 0.25) is 0 Å². The van der Waals surface area contributed by atoms with E-state index >= 15 is 0 Å². The number of rotatable bonds is 71. The number of unbranched alkanes of at least 4 members (excludes halogenated alkanes) is 60. The summed E-state index contributed by atoms with van der Waals surface area (Å²) in [4.78, 5) is 24.6. The fraction of sp³-hybridized carbons (Fsp3) is 0.973. The molecule has 0 saturated carbocycles. The number of aliphatic hydroxyl groups excluding tert-OH is 2. The van der Waals surface area contributed by atoms with E-state index in [1.807, 2.05) is 0 Å². The molecule has 0 heterocycles. The Balaban J connectivity index is 3.33. The van der Waals surface area contributed by atoms with E-state index in [0.717, 1.165) is 38.5 Å². The summed E-state index contributed by atoms with van der Waals surface area (Å²) >= 11 is 0. The van der Waals surface area contributed by atoms with Crippen LogP contribution in [0.25, 0.3) is 0 Å². The normalized spacial score (nSPS) is 12.4. The van der Waals surface area contributed by atoms with Gasteiger partial charge in [-0.25, -0.2) is 0 Å². The topological polar surface area (TPSA) is 95.9 Å². The summed E-state index contributed by atoms with van der Waals surface area (Å²) in [7, 11) is 0. The third kappa shape index (κ3) is 66.0. The number of nitrogens with one attached hydrogen (secondary N) is 1. The van der Waals surface area contributed by atoms with Crippen LogP contribution in [0.4, 0.5) is 0 Å². The first-order chi connectivity index (χ1) is 39.5. The smallest absolute Gasteiger partial charge is 0.305 e. The Morgan fingerprint density at radius 3 is 0.762 bits per heavy atom. The van der Waals surface area contributed by atoms with Crippen LogP contribution in [0.15, 0.2) is 0 Å². The minimum atomic E-state index is -0.662. The van der Waals surface area contributed by atoms with Crippen molar-refractivity contribution < 1.29 is 24.5 Å². The van der Waals surface area contributed by atoms with E-state index in [1.54, 1.807) is 0 Å². The Morgan fingerprint density at radius 2 is 0.512 bits per heavy atom. The molecule has 1 amide bonds. The van der Waals surface area contributed by atoms with E-state index in [4.69, 9.17) is 4.74 Å². The average molecular weight is 1130 g/mol. The van der Waals surface area contributed by atoms with Crippen LogP contribution in [0, 0.1) is 0 Å². The molecule has 0 fully saturated rings. The molecule has 0 bridgehead atoms. The molecule has 80 heavy (non-hydrogen) atoms. The summed E-state index contributed by atoms with van der Waals surface area (Å²) in [5.41, 5.74) is 0. The molecule has 0 aliphatic carbocycles. The summed E-state index contributed by atoms with van der Waals surface area (Å²) < 4.78 is 5.50. The first kappa shape index (κ1) is 78.9. The van der Waals surface area contributed by atoms with E-state index in [9.17, 15) is 19.8 Å². The van der Waals surface area contributed by atoms with Crippen LogP contribution in [0.3, 0.4) is 0 Å². The number of carbonyl (C=O) groups is 2. The van der Waals surface area contributed by atoms with Crippen molar-refractivity contribution in [3.05, 3.63) is 0 Å². The Morgan fingerprint density at radius 1 is 0.300 bits per heavy atom. The van der Waals surface area contributed by atoms with E-state index in [1.165, 1.54) is 366 Å². The summed E-state index contributed by atoms with van der Waals surface area (Å²) in [6.45, 7) is 5.01. The second-order valence-corrected chi connectivity index (χ2v) is 26.0. The van der Waals surface area contributed by atoms with Gasteiger partial charge in [-0.05, 0) is 25.7 Å². The molecule has 0 rings (SSSR count). The lowest BCUT2D eigenvalue weighted by Crippen LogP contribution is -2.45. The molecule has 0 aromatic heterocycles. The maximum absolute atomic E-state index is 12.5. The van der Waals surface area contributed by atoms with Gasteiger partial charge in [-0.3, -0.25) is 9.59 Å². The Hall–Kier alpha value is -1.14. The van der Waals surface area contributed by atoms with Gasteiger partial charge in [0.2, 0.25) is 5.91 Å². The van der Waals surface area contributed by atoms with E-state index < -0.39 is 12.1 Å². The number of aliphatic hydroxyl groups is 2. The quantitative estimate of drug-likeness (QED) is 0.0417. The van der Waals surface area contributed by atoms with Crippen LogP contribution < -0.4 is 5.32 Å². The molecule has 0 radical (unpaired) electrons. The lowest BCUT2D eigenvalue weighted by Gasteiger charge is -2.22. The fourth-order valence-corrected chi connectivity index (χ4v) is 12.2. The second-order valence-electron chi connectivity index (χ2n) is 26.0. The first-order valence-electron chi connectivity index (χ1n) is 37.3. The molecule has 6 heteroatoms. The van der Waals surface area contributed by atoms with Gasteiger partial charge >= 0.3 is 5.97 Å². The maximum atomic E-state index is 12.5. The highest BCUT2D eigenvalue weighted by Gasteiger charge is 2.20. The van der Waals surface area contributed by atoms with Gasteiger partial charge in [0.05, 0.1) is 25.4 Å². The molecule has 0 saturated heterocycles. The number of ether oxygens (including phenoxy) is 1. The van der Waals surface area contributed by atoms with Crippen molar-refractivity contribution in [2.45, 2.75) is 450 Å². The Labute approximate surface area is 502 Å². The molecular weight excluding hydrogens is 983 g/mol. The van der Waals surface area contributed by atoms with Crippen molar-refractivity contribution in [3.63, 3.8) is 0 Å². The number of hydrogen-bond acceptors (Lipinski definition) is 5. The first-order valence-corrected chi connectivity index (χ1v) is 37.3. The lowest BCUT2D eigenvalue weighted by molar-refractivity contribution is -0.143. The summed E-state index contributed by atoms with van der Waals surface area (Å²) in [6.07, 6.45) is 86.0. The van der Waals surface area contributed by atoms with Crippen LogP contribution in [-0.2, 0) is 14.3 Å². The second kappa shape index (κ2) is 70.3. The van der Waals surface area contributed by atoms with Gasteiger partial charge in [0.25, 0.3) is 0 Å². The monoisotopic (exact) mass is 1130 g/mol. The standard InChI is InChI=1S/C74H147NO5/c1-3-5-7-9-11-13-15-17-19-20-21-33-36-39-42-46-50-54-58-62-66-72(77)71(70-76)75-73(78)67-63-59-55-51-47-43-40-37-34-31-29-27-25-23-22-24-26-28-30-32-35-38-41-45-49-53-57-61-65-69-80-74(79)68-64-60-56-52-48-44-18-16-14-12-10-8-6-4-2/h71-72,76-77H,3-70H2,1-2H3,(H,75,78). The van der Waals surface area contributed by atoms with Crippen molar-refractivity contribution in [1.82, 2.24) is 5.32 Å². The maximum Gasteiger partial charge on any atom is 0.305 e. The molecule has 0 aliphatic rings. The number of carbonyl (C=O) groups excluding carboxylic acids is 2. The zero-order valence-electron chi connectivity index (χ0n) is 54.9. The number of hydrogen-bond donors (Lipinski definition) is 3. The minimum Gasteiger partial charge on any atom is -0.466 e. The molecule has 6 nitrogen and oxygen atoms in total. The average Bonchev–Trinajstić information content (AvgIpc) is 3.46. The minimum absolute atomic E-state index is 0.0232. The molecule has 2 atom stereocenters. The van der Waals surface area contributed by atoms with Gasteiger partial charge < -0.3 is 20.3 Å². The molecule has 0 aromatic carbocycles. The van der Waals surface area contributed by atoms with Gasteiger partial charge in [-0.15, -0.1) is 0 Å². The van der Waals surface area contributed by atoms with Crippen LogP contribution >= 0.6 is 0 Å². The molecule has 0 aliphatic heterocycles. The fourth-order valence-electron chi connectivity index (χ4n) is 12.2. The Bertz CT molecular complexity index is 1160. The Kier molecular flexibility index (Phi) is 69.3. The van der Waals surface area contributed by atoms with Gasteiger partial charge in [0.1, 0.15) is 0 Å². The van der Waals surface area contributed by atoms with Crippen molar-refractivity contribution in [3.8, 4) is 0 Å². The zero-order chi connectivity index (χ0) is 57.8. The summed E-state index contributed by atoms with van der Waals surface area (Å²) in [5.74, 6) is -0.00270. The van der Waals surface area contributed by atoms with Gasteiger partial charge in [0.15, 0.2) is 0 Å². The van der Waals surface area contributed by atoms with E-state index in [2.05, 4.69) is 19.2 Å². The van der Waals surface area contributed by atoms with Crippen molar-refractivity contribution in [1.29, 1.82) is 0 Å². The predicted molar refractivity (Wildman–Crippen MR) is 352 cm³/mol. The van der Waals surface area contributed by atoms with Gasteiger partial charge in [-0.2, -0.15) is 0 Å². The van der Waals surface area contributed by atoms with Crippen molar-refractivity contribution in [2.24, 2.45) is 0 Å². The number of esters is 1. The highest BCUT2D eigenvalue weighted by atomic mass is 16.5. The molecule has 478 valence electrons. The zero-order valence-corrected chi connectivity index (χ0v) is 54.9. The molecular formula is C74H147NO5. The largest absolute Gasteiger partial charge is 0.466 e. The van der Waals surface area contributed by atoms with Crippen molar-refractivity contribution >= 4 is 11.9 Å². The van der Waals surface area contributed by atoms with Crippen LogP contribution in [0.5, 0.6) is 0 Å². The highest BCUT2D eigenvalue weighted by molar-refractivity contribution is 5.76. The van der Waals surface area contributed by atoms with Gasteiger partial charge in [0, 0.05) is 12.8 Å². The third-order valence-electron chi connectivity index (χ3n) is 17.9. The summed E-state index contributed by atoms with van der Waals surface area (Å²) in [6, 6.07) is -0.538. The van der Waals surface area contributed by atoms with Crippen LogP contribution in [0.1, 0.15) is 438 Å². The SMILES string of the molecule is CCCCCCCCCCCCCCCCCCCCCCC(O)C(CO)NC(=O)CCCCCCCCCCCCCCCCCCCCCCCCCCCCCCCOC(=O)CCCCCCCCCCCCCCCC. The molecule has 0 aromatic rings. The van der Waals surface area contributed by atoms with Crippen molar-refractivity contribution in [2.75, 3.05) is 13.2 Å². The molecule has 3 N–H and O–H groups in total. The molecule has 2 unspecified atom stereocenters. The number of amides is 1. The van der Waals surface area contributed by atoms with Gasteiger partial charge in [-0.1, -0.05) is 399 Å². The van der Waals surface area contributed by atoms with Crippen LogP contribution in [-0.4, -0.2) is 47.4 Å².